The predicted molar refractivity (Wildman–Crippen MR) is 38.0 cm³/mol. The molecule has 0 radical (unpaired) electrons. The van der Waals surface area contributed by atoms with Crippen LogP contribution >= 0.6 is 0 Å². The van der Waals surface area contributed by atoms with Gasteiger partial charge in [-0.2, -0.15) is 0 Å². The Hall–Kier alpha value is -1.06. The van der Waals surface area contributed by atoms with E-state index >= 15 is 0 Å². The van der Waals surface area contributed by atoms with Crippen molar-refractivity contribution in [3.63, 3.8) is 0 Å². The van der Waals surface area contributed by atoms with Gasteiger partial charge in [0.25, 0.3) is 5.79 Å². The second kappa shape index (κ2) is 2.47. The van der Waals surface area contributed by atoms with E-state index in [1.165, 1.54) is 0 Å². The zero-order valence-electron chi connectivity index (χ0n) is 6.67. The van der Waals surface area contributed by atoms with Crippen molar-refractivity contribution in [3.8, 4) is 0 Å². The van der Waals surface area contributed by atoms with Gasteiger partial charge in [0.1, 0.15) is 0 Å². The molecule has 2 fully saturated rings. The third-order valence-electron chi connectivity index (χ3n) is 2.25. The summed E-state index contributed by atoms with van der Waals surface area (Å²) < 4.78 is 10.0. The van der Waals surface area contributed by atoms with Gasteiger partial charge in [0, 0.05) is 19.3 Å². The average molecular weight is 170 g/mol. The van der Waals surface area contributed by atoms with Gasteiger partial charge in [0.05, 0.1) is 6.42 Å². The van der Waals surface area contributed by atoms with Gasteiger partial charge in [0.15, 0.2) is 0 Å². The van der Waals surface area contributed by atoms with Gasteiger partial charge in [-0.1, -0.05) is 0 Å². The molecule has 0 amide bonds. The first-order valence-electron chi connectivity index (χ1n) is 4.14. The van der Waals surface area contributed by atoms with Gasteiger partial charge in [-0.3, -0.25) is 9.59 Å². The summed E-state index contributed by atoms with van der Waals surface area (Å²) in [5, 5.41) is 0. The molecular weight excluding hydrogens is 160 g/mol. The lowest BCUT2D eigenvalue weighted by Gasteiger charge is -2.30. The van der Waals surface area contributed by atoms with Crippen LogP contribution in [0.5, 0.6) is 0 Å². The SMILES string of the molecule is O=C1CCCC2(CCC(=O)O2)O1. The first-order chi connectivity index (χ1) is 5.70. The summed E-state index contributed by atoms with van der Waals surface area (Å²) in [6.45, 7) is 0. The minimum Gasteiger partial charge on any atom is -0.422 e. The number of carbonyl (C=O) groups is 2. The lowest BCUT2D eigenvalue weighted by atomic mass is 10.0. The molecular formula is C8H10O4. The summed E-state index contributed by atoms with van der Waals surface area (Å²) in [7, 11) is 0. The lowest BCUT2D eigenvalue weighted by Crippen LogP contribution is -2.38. The van der Waals surface area contributed by atoms with Gasteiger partial charge in [-0.25, -0.2) is 0 Å². The van der Waals surface area contributed by atoms with Crippen LogP contribution in [0.15, 0.2) is 0 Å². The van der Waals surface area contributed by atoms with E-state index in [0.29, 0.717) is 25.7 Å². The molecule has 1 atom stereocenters. The molecule has 2 rings (SSSR count). The highest BCUT2D eigenvalue weighted by Crippen LogP contribution is 2.36. The molecule has 1 spiro atoms. The Kier molecular flexibility index (Phi) is 1.56. The van der Waals surface area contributed by atoms with Gasteiger partial charge in [-0.15, -0.1) is 0 Å². The number of rotatable bonds is 0. The van der Waals surface area contributed by atoms with Crippen molar-refractivity contribution in [1.82, 2.24) is 0 Å². The van der Waals surface area contributed by atoms with Gasteiger partial charge >= 0.3 is 11.9 Å². The van der Waals surface area contributed by atoms with Crippen LogP contribution in [-0.4, -0.2) is 17.7 Å². The molecule has 0 aliphatic carbocycles. The largest absolute Gasteiger partial charge is 0.422 e. The molecule has 4 nitrogen and oxygen atoms in total. The van der Waals surface area contributed by atoms with E-state index in [9.17, 15) is 9.59 Å². The molecule has 2 saturated heterocycles. The molecule has 0 saturated carbocycles. The van der Waals surface area contributed by atoms with Crippen LogP contribution < -0.4 is 0 Å². The Labute approximate surface area is 69.8 Å². The maximum atomic E-state index is 10.9. The number of esters is 2. The van der Waals surface area contributed by atoms with E-state index in [1.807, 2.05) is 0 Å². The third-order valence-corrected chi connectivity index (χ3v) is 2.25. The zero-order chi connectivity index (χ0) is 8.60. The van der Waals surface area contributed by atoms with Crippen LogP contribution in [-0.2, 0) is 19.1 Å². The molecule has 0 bridgehead atoms. The van der Waals surface area contributed by atoms with Crippen LogP contribution in [0, 0.1) is 0 Å². The quantitative estimate of drug-likeness (QED) is 0.503. The van der Waals surface area contributed by atoms with Crippen molar-refractivity contribution in [2.24, 2.45) is 0 Å². The Morgan fingerprint density at radius 3 is 2.25 bits per heavy atom. The predicted octanol–water partition coefficient (Wildman–Crippen LogP) is 0.747. The molecule has 2 aliphatic rings. The fourth-order valence-corrected chi connectivity index (χ4v) is 1.66. The molecule has 2 aliphatic heterocycles. The minimum atomic E-state index is -0.883. The molecule has 4 heteroatoms. The van der Waals surface area contributed by atoms with E-state index in [-0.39, 0.29) is 11.9 Å². The maximum Gasteiger partial charge on any atom is 0.309 e. The molecule has 66 valence electrons. The Morgan fingerprint density at radius 2 is 1.67 bits per heavy atom. The molecule has 0 N–H and O–H groups in total. The number of hydrogen-bond donors (Lipinski definition) is 0. The van der Waals surface area contributed by atoms with Gasteiger partial charge < -0.3 is 9.47 Å². The van der Waals surface area contributed by atoms with Crippen molar-refractivity contribution in [1.29, 1.82) is 0 Å². The van der Waals surface area contributed by atoms with E-state index in [1.54, 1.807) is 0 Å². The topological polar surface area (TPSA) is 52.6 Å². The Bertz CT molecular complexity index is 235. The van der Waals surface area contributed by atoms with E-state index in [4.69, 9.17) is 9.47 Å². The van der Waals surface area contributed by atoms with Gasteiger partial charge in [-0.05, 0) is 6.42 Å². The highest BCUT2D eigenvalue weighted by molar-refractivity contribution is 5.74. The molecule has 0 aromatic carbocycles. The van der Waals surface area contributed by atoms with Crippen molar-refractivity contribution in [3.05, 3.63) is 0 Å². The van der Waals surface area contributed by atoms with Crippen LogP contribution in [0.1, 0.15) is 32.1 Å². The highest BCUT2D eigenvalue weighted by Gasteiger charge is 2.45. The fraction of sp³-hybridized carbons (Fsp3) is 0.750. The molecule has 12 heavy (non-hydrogen) atoms. The van der Waals surface area contributed by atoms with Crippen LogP contribution in [0.2, 0.25) is 0 Å². The van der Waals surface area contributed by atoms with Crippen LogP contribution in [0.25, 0.3) is 0 Å². The summed E-state index contributed by atoms with van der Waals surface area (Å²) in [5.41, 5.74) is 0. The fourth-order valence-electron chi connectivity index (χ4n) is 1.66. The Morgan fingerprint density at radius 1 is 1.00 bits per heavy atom. The normalized spacial score (nSPS) is 35.0. The van der Waals surface area contributed by atoms with Crippen molar-refractivity contribution in [2.75, 3.05) is 0 Å². The summed E-state index contributed by atoms with van der Waals surface area (Å²) >= 11 is 0. The third kappa shape index (κ3) is 1.17. The smallest absolute Gasteiger partial charge is 0.309 e. The number of ether oxygens (including phenoxy) is 2. The van der Waals surface area contributed by atoms with Crippen molar-refractivity contribution in [2.45, 2.75) is 37.9 Å². The molecule has 1 unspecified atom stereocenters. The number of carbonyl (C=O) groups excluding carboxylic acids is 2. The molecule has 0 aromatic rings. The summed E-state index contributed by atoms with van der Waals surface area (Å²) in [5.74, 6) is -1.40. The zero-order valence-corrected chi connectivity index (χ0v) is 6.67. The van der Waals surface area contributed by atoms with Crippen LogP contribution in [0.3, 0.4) is 0 Å². The lowest BCUT2D eigenvalue weighted by molar-refractivity contribution is -0.224. The van der Waals surface area contributed by atoms with Crippen LogP contribution in [0.4, 0.5) is 0 Å². The first-order valence-corrected chi connectivity index (χ1v) is 4.14. The highest BCUT2D eigenvalue weighted by atomic mass is 16.7. The summed E-state index contributed by atoms with van der Waals surface area (Å²) in [4.78, 5) is 21.7. The van der Waals surface area contributed by atoms with Crippen molar-refractivity contribution < 1.29 is 19.1 Å². The van der Waals surface area contributed by atoms with Gasteiger partial charge in [0.2, 0.25) is 0 Å². The Balaban J connectivity index is 2.10. The van der Waals surface area contributed by atoms with E-state index < -0.39 is 5.79 Å². The molecule has 0 aromatic heterocycles. The van der Waals surface area contributed by atoms with E-state index in [2.05, 4.69) is 0 Å². The second-order valence-electron chi connectivity index (χ2n) is 3.21. The summed E-state index contributed by atoms with van der Waals surface area (Å²) in [6.07, 6.45) is 2.75. The minimum absolute atomic E-state index is 0.254. The monoisotopic (exact) mass is 170 g/mol. The standard InChI is InChI=1S/C8H10O4/c9-6-2-1-4-8(11-6)5-3-7(10)12-8/h1-5H2. The van der Waals surface area contributed by atoms with E-state index in [0.717, 1.165) is 6.42 Å². The summed E-state index contributed by atoms with van der Waals surface area (Å²) in [6, 6.07) is 0. The second-order valence-corrected chi connectivity index (χ2v) is 3.21. The van der Waals surface area contributed by atoms with Crippen molar-refractivity contribution >= 4 is 11.9 Å². The first kappa shape index (κ1) is 7.58. The average Bonchev–Trinajstić information content (AvgIpc) is 2.32. The number of hydrogen-bond acceptors (Lipinski definition) is 4. The maximum absolute atomic E-state index is 10.9. The molecule has 2 heterocycles.